The molecule has 0 amide bonds. The maximum atomic E-state index is 10.4. The maximum Gasteiger partial charge on any atom is 0.303 e. The van der Waals surface area contributed by atoms with Crippen molar-refractivity contribution in [3.63, 3.8) is 0 Å². The predicted octanol–water partition coefficient (Wildman–Crippen LogP) is 4.04. The second-order valence-electron chi connectivity index (χ2n) is 3.48. The summed E-state index contributed by atoms with van der Waals surface area (Å²) in [6, 6.07) is 4.04. The Kier molecular flexibility index (Phi) is 4.31. The number of carbonyl (C=O) groups is 1. The molecule has 2 aromatic rings. The van der Waals surface area contributed by atoms with E-state index in [1.54, 1.807) is 22.7 Å². The van der Waals surface area contributed by atoms with Crippen LogP contribution in [-0.4, -0.2) is 16.1 Å². The van der Waals surface area contributed by atoms with Gasteiger partial charge in [-0.1, -0.05) is 0 Å². The molecule has 0 atom stereocenters. The number of hydrogen-bond donors (Lipinski definition) is 1. The normalized spacial score (nSPS) is 10.6. The van der Waals surface area contributed by atoms with Crippen molar-refractivity contribution >= 4 is 44.6 Å². The second kappa shape index (κ2) is 5.75. The van der Waals surface area contributed by atoms with Crippen LogP contribution in [0.3, 0.4) is 0 Å². The van der Waals surface area contributed by atoms with Gasteiger partial charge in [0, 0.05) is 11.8 Å². The molecule has 2 heterocycles. The van der Waals surface area contributed by atoms with E-state index in [4.69, 9.17) is 5.11 Å². The van der Waals surface area contributed by atoms with Gasteiger partial charge in [-0.3, -0.25) is 4.79 Å². The number of thiophene rings is 1. The second-order valence-corrected chi connectivity index (χ2v) is 6.88. The Hall–Kier alpha value is -0.720. The number of thiazole rings is 1. The van der Waals surface area contributed by atoms with Crippen molar-refractivity contribution < 1.29 is 9.90 Å². The summed E-state index contributed by atoms with van der Waals surface area (Å²) in [5, 5.41) is 11.6. The quantitative estimate of drug-likeness (QED) is 0.899. The summed E-state index contributed by atoms with van der Waals surface area (Å²) in [6.45, 7) is 0. The standard InChI is InChI=1S/C11H10BrNO2S2/c12-9-5-4-8(17-9)7-6-16-10(13-7)2-1-3-11(14)15/h4-6H,1-3H2,(H,14,15). The molecule has 0 aliphatic rings. The average molecular weight is 332 g/mol. The Labute approximate surface area is 115 Å². The Bertz CT molecular complexity index is 521. The van der Waals surface area contributed by atoms with Gasteiger partial charge in [-0.05, 0) is 40.9 Å². The smallest absolute Gasteiger partial charge is 0.303 e. The molecule has 0 radical (unpaired) electrons. The zero-order valence-corrected chi connectivity index (χ0v) is 12.1. The molecule has 6 heteroatoms. The van der Waals surface area contributed by atoms with E-state index in [9.17, 15) is 4.79 Å². The van der Waals surface area contributed by atoms with Crippen molar-refractivity contribution in [3.8, 4) is 10.6 Å². The van der Waals surface area contributed by atoms with Gasteiger partial charge in [-0.25, -0.2) is 4.98 Å². The van der Waals surface area contributed by atoms with Gasteiger partial charge in [0.25, 0.3) is 0 Å². The molecule has 17 heavy (non-hydrogen) atoms. The molecular weight excluding hydrogens is 322 g/mol. The number of aliphatic carboxylic acids is 1. The first kappa shape index (κ1) is 12.7. The molecule has 90 valence electrons. The van der Waals surface area contributed by atoms with Crippen molar-refractivity contribution in [1.29, 1.82) is 0 Å². The first-order chi connectivity index (χ1) is 8.15. The lowest BCUT2D eigenvalue weighted by Gasteiger charge is -1.93. The molecule has 0 aromatic carbocycles. The molecule has 0 fully saturated rings. The molecule has 2 rings (SSSR count). The predicted molar refractivity (Wildman–Crippen MR) is 73.7 cm³/mol. The summed E-state index contributed by atoms with van der Waals surface area (Å²) < 4.78 is 1.09. The fourth-order valence-electron chi connectivity index (χ4n) is 1.38. The van der Waals surface area contributed by atoms with Crippen LogP contribution in [0, 0.1) is 0 Å². The van der Waals surface area contributed by atoms with Crippen LogP contribution in [0.2, 0.25) is 0 Å². The number of halogens is 1. The summed E-state index contributed by atoms with van der Waals surface area (Å²) in [5.41, 5.74) is 0.982. The van der Waals surface area contributed by atoms with Crippen LogP contribution in [-0.2, 0) is 11.2 Å². The lowest BCUT2D eigenvalue weighted by atomic mass is 10.2. The van der Waals surface area contributed by atoms with Crippen LogP contribution in [0.1, 0.15) is 17.8 Å². The van der Waals surface area contributed by atoms with Crippen LogP contribution in [0.15, 0.2) is 21.3 Å². The van der Waals surface area contributed by atoms with Gasteiger partial charge in [-0.2, -0.15) is 0 Å². The largest absolute Gasteiger partial charge is 0.481 e. The van der Waals surface area contributed by atoms with Gasteiger partial charge in [-0.15, -0.1) is 22.7 Å². The first-order valence-electron chi connectivity index (χ1n) is 5.07. The third-order valence-corrected chi connectivity index (χ3v) is 4.71. The number of hydrogen-bond acceptors (Lipinski definition) is 4. The fourth-order valence-corrected chi connectivity index (χ4v) is 3.64. The number of carboxylic acids is 1. The highest BCUT2D eigenvalue weighted by Crippen LogP contribution is 2.32. The van der Waals surface area contributed by atoms with Crippen LogP contribution >= 0.6 is 38.6 Å². The average Bonchev–Trinajstić information content (AvgIpc) is 2.86. The molecule has 0 aliphatic carbocycles. The SMILES string of the molecule is O=C(O)CCCc1nc(-c2ccc(Br)s2)cs1. The minimum Gasteiger partial charge on any atom is -0.481 e. The van der Waals surface area contributed by atoms with Crippen molar-refractivity contribution in [1.82, 2.24) is 4.98 Å². The van der Waals surface area contributed by atoms with Gasteiger partial charge in [0.1, 0.15) is 0 Å². The van der Waals surface area contributed by atoms with Crippen LogP contribution < -0.4 is 0 Å². The van der Waals surface area contributed by atoms with Crippen LogP contribution in [0.25, 0.3) is 10.6 Å². The monoisotopic (exact) mass is 331 g/mol. The van der Waals surface area contributed by atoms with E-state index >= 15 is 0 Å². The zero-order chi connectivity index (χ0) is 12.3. The van der Waals surface area contributed by atoms with Gasteiger partial charge in [0.15, 0.2) is 0 Å². The van der Waals surface area contributed by atoms with Crippen LogP contribution in [0.4, 0.5) is 0 Å². The number of carboxylic acid groups (broad SMARTS) is 1. The Morgan fingerprint density at radius 1 is 1.47 bits per heavy atom. The molecule has 0 spiro atoms. The number of nitrogens with zero attached hydrogens (tertiary/aromatic N) is 1. The molecule has 1 N–H and O–H groups in total. The minimum atomic E-state index is -0.746. The fraction of sp³-hybridized carbons (Fsp3) is 0.273. The van der Waals surface area contributed by atoms with Crippen molar-refractivity contribution in [2.45, 2.75) is 19.3 Å². The molecule has 3 nitrogen and oxygen atoms in total. The summed E-state index contributed by atoms with van der Waals surface area (Å²) in [6.07, 6.45) is 1.60. The molecular formula is C11H10BrNO2S2. The highest BCUT2D eigenvalue weighted by atomic mass is 79.9. The highest BCUT2D eigenvalue weighted by Gasteiger charge is 2.07. The van der Waals surface area contributed by atoms with E-state index in [1.165, 1.54) is 0 Å². The Balaban J connectivity index is 1.98. The summed E-state index contributed by atoms with van der Waals surface area (Å²) >= 11 is 6.67. The van der Waals surface area contributed by atoms with E-state index in [0.717, 1.165) is 25.8 Å². The summed E-state index contributed by atoms with van der Waals surface area (Å²) in [7, 11) is 0. The van der Waals surface area contributed by atoms with E-state index in [0.29, 0.717) is 6.42 Å². The molecule has 2 aromatic heterocycles. The van der Waals surface area contributed by atoms with Gasteiger partial charge >= 0.3 is 5.97 Å². The summed E-state index contributed by atoms with van der Waals surface area (Å²) in [5.74, 6) is -0.746. The third-order valence-electron chi connectivity index (χ3n) is 2.16. The minimum absolute atomic E-state index is 0.208. The zero-order valence-electron chi connectivity index (χ0n) is 8.85. The maximum absolute atomic E-state index is 10.4. The summed E-state index contributed by atoms with van der Waals surface area (Å²) in [4.78, 5) is 16.0. The van der Waals surface area contributed by atoms with Gasteiger partial charge in [0.05, 0.1) is 19.4 Å². The van der Waals surface area contributed by atoms with Crippen molar-refractivity contribution in [2.75, 3.05) is 0 Å². The number of aromatic nitrogens is 1. The molecule has 0 unspecified atom stereocenters. The van der Waals surface area contributed by atoms with Gasteiger partial charge in [0.2, 0.25) is 0 Å². The van der Waals surface area contributed by atoms with Crippen molar-refractivity contribution in [3.05, 3.63) is 26.3 Å². The number of rotatable bonds is 5. The Morgan fingerprint density at radius 2 is 2.29 bits per heavy atom. The Morgan fingerprint density at radius 3 is 2.94 bits per heavy atom. The first-order valence-corrected chi connectivity index (χ1v) is 7.56. The van der Waals surface area contributed by atoms with E-state index < -0.39 is 5.97 Å². The lowest BCUT2D eigenvalue weighted by molar-refractivity contribution is -0.137. The van der Waals surface area contributed by atoms with E-state index in [2.05, 4.69) is 20.9 Å². The number of aryl methyl sites for hydroxylation is 1. The molecule has 0 bridgehead atoms. The van der Waals surface area contributed by atoms with E-state index in [-0.39, 0.29) is 6.42 Å². The van der Waals surface area contributed by atoms with Crippen molar-refractivity contribution in [2.24, 2.45) is 0 Å². The van der Waals surface area contributed by atoms with E-state index in [1.807, 2.05) is 17.5 Å². The molecule has 0 aliphatic heterocycles. The lowest BCUT2D eigenvalue weighted by Crippen LogP contribution is -1.95. The topological polar surface area (TPSA) is 50.2 Å². The third kappa shape index (κ3) is 3.62. The molecule has 0 saturated carbocycles. The van der Waals surface area contributed by atoms with Crippen LogP contribution in [0.5, 0.6) is 0 Å². The highest BCUT2D eigenvalue weighted by molar-refractivity contribution is 9.11. The molecule has 0 saturated heterocycles. The van der Waals surface area contributed by atoms with Gasteiger partial charge < -0.3 is 5.11 Å².